The van der Waals surface area contributed by atoms with E-state index in [0.717, 1.165) is 11.3 Å². The average molecular weight is 271 g/mol. The Hall–Kier alpha value is -2.63. The van der Waals surface area contributed by atoms with Crippen LogP contribution < -0.4 is 10.3 Å². The Balaban J connectivity index is 2.02. The molecule has 0 spiro atoms. The predicted octanol–water partition coefficient (Wildman–Crippen LogP) is 1.82. The van der Waals surface area contributed by atoms with Crippen LogP contribution in [0.3, 0.4) is 0 Å². The van der Waals surface area contributed by atoms with E-state index in [-0.39, 0.29) is 5.56 Å². The summed E-state index contributed by atoms with van der Waals surface area (Å²) in [4.78, 5) is 11.7. The number of methoxy groups -OCH3 is 1. The van der Waals surface area contributed by atoms with Crippen LogP contribution in [-0.4, -0.2) is 22.5 Å². The molecule has 20 heavy (non-hydrogen) atoms. The maximum atomic E-state index is 11.7. The second-order valence-corrected chi connectivity index (χ2v) is 4.50. The number of H-pyrrole nitrogens is 1. The second-order valence-electron chi connectivity index (χ2n) is 4.50. The highest BCUT2D eigenvalue weighted by Gasteiger charge is 2.14. The van der Waals surface area contributed by atoms with E-state index < -0.39 is 0 Å². The van der Waals surface area contributed by atoms with Crippen molar-refractivity contribution in [2.45, 2.75) is 13.3 Å². The molecule has 0 aliphatic heterocycles. The monoisotopic (exact) mass is 271 g/mol. The minimum absolute atomic E-state index is 0.280. The van der Waals surface area contributed by atoms with E-state index in [0.29, 0.717) is 28.8 Å². The number of ether oxygens (including phenoxy) is 1. The Bertz CT molecular complexity index is 803. The van der Waals surface area contributed by atoms with E-state index in [4.69, 9.17) is 9.26 Å². The van der Waals surface area contributed by atoms with Crippen molar-refractivity contribution < 1.29 is 9.26 Å². The molecule has 1 aromatic carbocycles. The highest BCUT2D eigenvalue weighted by molar-refractivity contribution is 5.79. The van der Waals surface area contributed by atoms with Crippen molar-refractivity contribution in [3.63, 3.8) is 0 Å². The third-order valence-corrected chi connectivity index (χ3v) is 3.17. The van der Waals surface area contributed by atoms with Gasteiger partial charge in [-0.05, 0) is 24.6 Å². The van der Waals surface area contributed by atoms with Crippen molar-refractivity contribution in [2.24, 2.45) is 0 Å². The number of nitrogens with one attached hydrogen (secondary N) is 1. The maximum Gasteiger partial charge on any atom is 0.277 e. The van der Waals surface area contributed by atoms with Gasteiger partial charge in [0.1, 0.15) is 16.8 Å². The summed E-state index contributed by atoms with van der Waals surface area (Å²) >= 11 is 0. The van der Waals surface area contributed by atoms with E-state index in [1.807, 2.05) is 24.3 Å². The molecule has 6 heteroatoms. The molecule has 0 radical (unpaired) electrons. The van der Waals surface area contributed by atoms with Crippen molar-refractivity contribution in [3.05, 3.63) is 51.6 Å². The van der Waals surface area contributed by atoms with Crippen LogP contribution in [0, 0.1) is 6.92 Å². The van der Waals surface area contributed by atoms with E-state index in [1.54, 1.807) is 14.0 Å². The van der Waals surface area contributed by atoms with Crippen LogP contribution >= 0.6 is 0 Å². The number of nitrogens with zero attached hydrogens (tertiary/aromatic N) is 2. The SMILES string of the molecule is COc1ccc(Cc2n[nH]c(=O)c3c(C)noc23)cc1. The number of hydrogen-bond donors (Lipinski definition) is 1. The van der Waals surface area contributed by atoms with Gasteiger partial charge in [0.05, 0.1) is 12.8 Å². The largest absolute Gasteiger partial charge is 0.497 e. The van der Waals surface area contributed by atoms with Gasteiger partial charge >= 0.3 is 0 Å². The summed E-state index contributed by atoms with van der Waals surface area (Å²) in [5.74, 6) is 0.795. The van der Waals surface area contributed by atoms with Gasteiger partial charge in [0.25, 0.3) is 5.56 Å². The average Bonchev–Trinajstić information content (AvgIpc) is 2.86. The van der Waals surface area contributed by atoms with Gasteiger partial charge in [0.2, 0.25) is 0 Å². The van der Waals surface area contributed by atoms with Gasteiger partial charge in [-0.2, -0.15) is 5.10 Å². The summed E-state index contributed by atoms with van der Waals surface area (Å²) in [5, 5.41) is 10.8. The van der Waals surface area contributed by atoms with Crippen LogP contribution in [0.15, 0.2) is 33.6 Å². The van der Waals surface area contributed by atoms with E-state index in [1.165, 1.54) is 0 Å². The van der Waals surface area contributed by atoms with Crippen molar-refractivity contribution >= 4 is 11.0 Å². The van der Waals surface area contributed by atoms with Crippen molar-refractivity contribution in [1.29, 1.82) is 0 Å². The first kappa shape index (κ1) is 12.4. The number of aryl methyl sites for hydroxylation is 1. The summed E-state index contributed by atoms with van der Waals surface area (Å²) in [5.41, 5.74) is 2.44. The van der Waals surface area contributed by atoms with Crippen LogP contribution in [0.1, 0.15) is 17.0 Å². The van der Waals surface area contributed by atoms with Gasteiger partial charge in [-0.3, -0.25) is 4.79 Å². The third kappa shape index (κ3) is 2.05. The van der Waals surface area contributed by atoms with Crippen molar-refractivity contribution in [2.75, 3.05) is 7.11 Å². The molecule has 3 aromatic rings. The maximum absolute atomic E-state index is 11.7. The van der Waals surface area contributed by atoms with Crippen LogP contribution in [0.2, 0.25) is 0 Å². The van der Waals surface area contributed by atoms with Gasteiger partial charge in [-0.1, -0.05) is 17.3 Å². The van der Waals surface area contributed by atoms with Gasteiger partial charge in [-0.15, -0.1) is 0 Å². The lowest BCUT2D eigenvalue weighted by Gasteiger charge is -2.03. The summed E-state index contributed by atoms with van der Waals surface area (Å²) in [6.45, 7) is 1.73. The lowest BCUT2D eigenvalue weighted by atomic mass is 10.1. The molecular weight excluding hydrogens is 258 g/mol. The van der Waals surface area contributed by atoms with E-state index in [2.05, 4.69) is 15.4 Å². The second kappa shape index (κ2) is 4.80. The highest BCUT2D eigenvalue weighted by atomic mass is 16.5. The minimum atomic E-state index is -0.280. The molecule has 0 unspecified atom stereocenters. The van der Waals surface area contributed by atoms with Gasteiger partial charge in [0, 0.05) is 6.42 Å². The van der Waals surface area contributed by atoms with Crippen molar-refractivity contribution in [1.82, 2.24) is 15.4 Å². The molecule has 3 rings (SSSR count). The van der Waals surface area contributed by atoms with Gasteiger partial charge < -0.3 is 9.26 Å². The molecule has 0 fully saturated rings. The quantitative estimate of drug-likeness (QED) is 0.785. The van der Waals surface area contributed by atoms with E-state index in [9.17, 15) is 4.79 Å². The molecule has 0 bridgehead atoms. The molecule has 0 aliphatic carbocycles. The number of hydrogen-bond acceptors (Lipinski definition) is 5. The first-order chi connectivity index (χ1) is 9.69. The summed E-state index contributed by atoms with van der Waals surface area (Å²) in [6.07, 6.45) is 0.548. The molecule has 0 saturated heterocycles. The summed E-state index contributed by atoms with van der Waals surface area (Å²) in [7, 11) is 1.62. The topological polar surface area (TPSA) is 81.0 Å². The fourth-order valence-corrected chi connectivity index (χ4v) is 2.12. The zero-order valence-corrected chi connectivity index (χ0v) is 11.1. The molecule has 2 aromatic heterocycles. The van der Waals surface area contributed by atoms with Crippen LogP contribution in [-0.2, 0) is 6.42 Å². The van der Waals surface area contributed by atoms with Crippen molar-refractivity contribution in [3.8, 4) is 5.75 Å². The lowest BCUT2D eigenvalue weighted by molar-refractivity contribution is 0.414. The highest BCUT2D eigenvalue weighted by Crippen LogP contribution is 2.20. The fourth-order valence-electron chi connectivity index (χ4n) is 2.12. The van der Waals surface area contributed by atoms with Crippen LogP contribution in [0.4, 0.5) is 0 Å². The Morgan fingerprint density at radius 2 is 2.05 bits per heavy atom. The number of benzene rings is 1. The van der Waals surface area contributed by atoms with Crippen LogP contribution in [0.5, 0.6) is 5.75 Å². The molecule has 0 atom stereocenters. The molecular formula is C14H13N3O3. The Morgan fingerprint density at radius 1 is 1.30 bits per heavy atom. The standard InChI is InChI=1S/C14H13N3O3/c1-8-12-13(20-17-8)11(15-16-14(12)18)7-9-3-5-10(19-2)6-4-9/h3-6H,7H2,1-2H3,(H,16,18). The van der Waals surface area contributed by atoms with Gasteiger partial charge in [0.15, 0.2) is 5.58 Å². The van der Waals surface area contributed by atoms with Gasteiger partial charge in [-0.25, -0.2) is 5.10 Å². The smallest absolute Gasteiger partial charge is 0.277 e. The van der Waals surface area contributed by atoms with E-state index >= 15 is 0 Å². The summed E-state index contributed by atoms with van der Waals surface area (Å²) in [6, 6.07) is 7.65. The third-order valence-electron chi connectivity index (χ3n) is 3.17. The molecule has 102 valence electrons. The molecule has 2 heterocycles. The minimum Gasteiger partial charge on any atom is -0.497 e. The molecule has 6 nitrogen and oxygen atoms in total. The molecule has 0 saturated carbocycles. The number of fused-ring (bicyclic) bond motifs is 1. The molecule has 0 amide bonds. The Labute approximate surface area is 114 Å². The summed E-state index contributed by atoms with van der Waals surface area (Å²) < 4.78 is 10.3. The lowest BCUT2D eigenvalue weighted by Crippen LogP contribution is -2.11. The zero-order valence-electron chi connectivity index (χ0n) is 11.1. The number of aromatic amines is 1. The number of rotatable bonds is 3. The Kier molecular flexibility index (Phi) is 2.98. The Morgan fingerprint density at radius 3 is 2.75 bits per heavy atom. The fraction of sp³-hybridized carbons (Fsp3) is 0.214. The number of aromatic nitrogens is 3. The first-order valence-electron chi connectivity index (χ1n) is 6.15. The predicted molar refractivity (Wildman–Crippen MR) is 73.0 cm³/mol. The zero-order chi connectivity index (χ0) is 14.1. The molecule has 1 N–H and O–H groups in total. The molecule has 0 aliphatic rings. The first-order valence-corrected chi connectivity index (χ1v) is 6.15. The normalized spacial score (nSPS) is 10.9. The van der Waals surface area contributed by atoms with Crippen LogP contribution in [0.25, 0.3) is 11.0 Å².